The van der Waals surface area contributed by atoms with Gasteiger partial charge in [0.05, 0.1) is 24.1 Å². The summed E-state index contributed by atoms with van der Waals surface area (Å²) in [4.78, 5) is 39.8. The first-order valence-electron chi connectivity index (χ1n) is 8.20. The van der Waals surface area contributed by atoms with Crippen LogP contribution < -0.4 is 0 Å². The molecule has 0 fully saturated rings. The molecule has 0 saturated carbocycles. The van der Waals surface area contributed by atoms with E-state index in [1.54, 1.807) is 20.8 Å². The molecule has 0 aliphatic carbocycles. The fourth-order valence-electron chi connectivity index (χ4n) is 2.80. The minimum atomic E-state index is -1.05. The van der Waals surface area contributed by atoms with E-state index in [9.17, 15) is 14.4 Å². The Balaban J connectivity index is 2.24. The van der Waals surface area contributed by atoms with Gasteiger partial charge in [0, 0.05) is 5.69 Å². The highest BCUT2D eigenvalue weighted by molar-refractivity contribution is 6.04. The summed E-state index contributed by atoms with van der Waals surface area (Å²) in [6.45, 7) is 8.22. The molecule has 0 bridgehead atoms. The molecule has 0 aromatic carbocycles. The van der Waals surface area contributed by atoms with Gasteiger partial charge in [0.1, 0.15) is 11.3 Å². The van der Waals surface area contributed by atoms with E-state index in [0.717, 1.165) is 0 Å². The van der Waals surface area contributed by atoms with Crippen LogP contribution >= 0.6 is 0 Å². The number of aromatic amines is 1. The van der Waals surface area contributed by atoms with E-state index in [1.807, 2.05) is 6.92 Å². The van der Waals surface area contributed by atoms with Crippen molar-refractivity contribution in [3.05, 3.63) is 39.5 Å². The fourth-order valence-corrected chi connectivity index (χ4v) is 2.80. The molecule has 1 unspecified atom stereocenters. The molecule has 0 aliphatic rings. The third-order valence-electron chi connectivity index (χ3n) is 4.20. The summed E-state index contributed by atoms with van der Waals surface area (Å²) in [6.07, 6.45) is -0.551. The quantitative estimate of drug-likeness (QED) is 0.621. The van der Waals surface area contributed by atoms with Crippen LogP contribution in [-0.2, 0) is 15.9 Å². The van der Waals surface area contributed by atoms with Gasteiger partial charge in [0.2, 0.25) is 5.78 Å². The maximum absolute atomic E-state index is 12.7. The zero-order valence-electron chi connectivity index (χ0n) is 15.7. The number of rotatable bonds is 6. The number of methoxy groups -OCH3 is 1. The van der Waals surface area contributed by atoms with Crippen molar-refractivity contribution in [1.82, 2.24) is 10.1 Å². The summed E-state index contributed by atoms with van der Waals surface area (Å²) in [5.74, 6) is -1.31. The molecule has 0 radical (unpaired) electrons. The number of hydrogen-bond donors (Lipinski definition) is 1. The predicted molar refractivity (Wildman–Crippen MR) is 91.4 cm³/mol. The van der Waals surface area contributed by atoms with Gasteiger partial charge in [-0.2, -0.15) is 0 Å². The van der Waals surface area contributed by atoms with Crippen molar-refractivity contribution in [1.29, 1.82) is 0 Å². The Hall–Kier alpha value is -2.90. The largest absolute Gasteiger partial charge is 0.465 e. The van der Waals surface area contributed by atoms with E-state index < -0.39 is 23.8 Å². The molecule has 2 aromatic rings. The van der Waals surface area contributed by atoms with E-state index in [1.165, 1.54) is 14.0 Å². The summed E-state index contributed by atoms with van der Waals surface area (Å²) in [5, 5.41) is 3.81. The molecular weight excluding hydrogens is 340 g/mol. The SMILES string of the molecule is CCc1noc(C)c1C(=O)OC(C)C(=O)c1[nH]c(C)c(C(=O)OC)c1C. The minimum absolute atomic E-state index is 0.209. The second-order valence-electron chi connectivity index (χ2n) is 5.94. The Morgan fingerprint density at radius 3 is 2.38 bits per heavy atom. The van der Waals surface area contributed by atoms with Gasteiger partial charge in [0.25, 0.3) is 0 Å². The molecule has 0 aliphatic heterocycles. The highest BCUT2D eigenvalue weighted by atomic mass is 16.5. The van der Waals surface area contributed by atoms with Crippen molar-refractivity contribution in [2.45, 2.75) is 47.1 Å². The van der Waals surface area contributed by atoms with Gasteiger partial charge < -0.3 is 19.0 Å². The second kappa shape index (κ2) is 7.55. The number of ether oxygens (including phenoxy) is 2. The lowest BCUT2D eigenvalue weighted by Gasteiger charge is -2.12. The molecule has 8 heteroatoms. The van der Waals surface area contributed by atoms with E-state index in [2.05, 4.69) is 10.1 Å². The topological polar surface area (TPSA) is 111 Å². The number of ketones is 1. The Morgan fingerprint density at radius 1 is 1.15 bits per heavy atom. The van der Waals surface area contributed by atoms with Crippen LogP contribution in [0, 0.1) is 20.8 Å². The molecule has 1 N–H and O–H groups in total. The van der Waals surface area contributed by atoms with Crippen LogP contribution in [0.3, 0.4) is 0 Å². The normalized spacial score (nSPS) is 11.9. The van der Waals surface area contributed by atoms with Gasteiger partial charge in [-0.15, -0.1) is 0 Å². The average Bonchev–Trinajstić information content (AvgIpc) is 3.12. The van der Waals surface area contributed by atoms with Crippen molar-refractivity contribution >= 4 is 17.7 Å². The summed E-state index contributed by atoms with van der Waals surface area (Å²) in [5.41, 5.74) is 2.20. The zero-order chi connectivity index (χ0) is 19.6. The molecule has 0 amide bonds. The zero-order valence-corrected chi connectivity index (χ0v) is 15.7. The molecule has 8 nitrogen and oxygen atoms in total. The summed E-state index contributed by atoms with van der Waals surface area (Å²) >= 11 is 0. The number of H-pyrrole nitrogens is 1. The first-order chi connectivity index (χ1) is 12.2. The molecule has 26 heavy (non-hydrogen) atoms. The third kappa shape index (κ3) is 3.40. The lowest BCUT2D eigenvalue weighted by molar-refractivity contribution is 0.0314. The molecule has 2 rings (SSSR count). The Bertz CT molecular complexity index is 861. The number of aromatic nitrogens is 2. The highest BCUT2D eigenvalue weighted by Gasteiger charge is 2.29. The smallest absolute Gasteiger partial charge is 0.344 e. The van der Waals surface area contributed by atoms with Crippen LogP contribution in [0.1, 0.15) is 67.8 Å². The number of aryl methyl sites for hydroxylation is 3. The van der Waals surface area contributed by atoms with Crippen molar-refractivity contribution in [2.24, 2.45) is 0 Å². The molecule has 1 atom stereocenters. The van der Waals surface area contributed by atoms with Crippen LogP contribution in [0.5, 0.6) is 0 Å². The Morgan fingerprint density at radius 2 is 1.81 bits per heavy atom. The first kappa shape index (κ1) is 19.4. The fraction of sp³-hybridized carbons (Fsp3) is 0.444. The summed E-state index contributed by atoms with van der Waals surface area (Å²) in [6, 6.07) is 0. The molecular formula is C18H22N2O6. The van der Waals surface area contributed by atoms with Gasteiger partial charge in [-0.25, -0.2) is 9.59 Å². The van der Waals surface area contributed by atoms with Crippen LogP contribution in [0.4, 0.5) is 0 Å². The number of carbonyl (C=O) groups is 3. The maximum Gasteiger partial charge on any atom is 0.344 e. The number of carbonyl (C=O) groups excluding carboxylic acids is 3. The van der Waals surface area contributed by atoms with Crippen LogP contribution in [0.25, 0.3) is 0 Å². The number of Topliss-reactive ketones (excluding diaryl/α,β-unsaturated/α-hetero) is 1. The molecule has 2 heterocycles. The van der Waals surface area contributed by atoms with Crippen molar-refractivity contribution in [3.8, 4) is 0 Å². The predicted octanol–water partition coefficient (Wildman–Crippen LogP) is 2.71. The van der Waals surface area contributed by atoms with Gasteiger partial charge in [-0.1, -0.05) is 12.1 Å². The standard InChI is InChI=1S/C18H22N2O6/c1-7-12-14(10(4)26-20-12)18(23)25-11(5)16(21)15-8(2)13(9(3)19-15)17(22)24-6/h11,19H,7H2,1-6H3. The molecule has 0 saturated heterocycles. The third-order valence-corrected chi connectivity index (χ3v) is 4.20. The minimum Gasteiger partial charge on any atom is -0.465 e. The van der Waals surface area contributed by atoms with Gasteiger partial charge in [-0.3, -0.25) is 4.79 Å². The van der Waals surface area contributed by atoms with E-state index >= 15 is 0 Å². The Kier molecular flexibility index (Phi) is 5.64. The molecule has 0 spiro atoms. The average molecular weight is 362 g/mol. The number of esters is 2. The van der Waals surface area contributed by atoms with Crippen LogP contribution in [0.15, 0.2) is 4.52 Å². The van der Waals surface area contributed by atoms with Gasteiger partial charge >= 0.3 is 11.9 Å². The molecule has 2 aromatic heterocycles. The van der Waals surface area contributed by atoms with Crippen molar-refractivity contribution in [3.63, 3.8) is 0 Å². The summed E-state index contributed by atoms with van der Waals surface area (Å²) < 4.78 is 15.0. The van der Waals surface area contributed by atoms with Crippen molar-refractivity contribution < 1.29 is 28.4 Å². The lowest BCUT2D eigenvalue weighted by atomic mass is 10.1. The van der Waals surface area contributed by atoms with Crippen LogP contribution in [-0.4, -0.2) is 41.1 Å². The molecule has 140 valence electrons. The maximum atomic E-state index is 12.7. The summed E-state index contributed by atoms with van der Waals surface area (Å²) in [7, 11) is 1.27. The lowest BCUT2D eigenvalue weighted by Crippen LogP contribution is -2.26. The van der Waals surface area contributed by atoms with Gasteiger partial charge in [0.15, 0.2) is 6.10 Å². The van der Waals surface area contributed by atoms with E-state index in [0.29, 0.717) is 34.7 Å². The Labute approximate surface area is 150 Å². The highest BCUT2D eigenvalue weighted by Crippen LogP contribution is 2.22. The van der Waals surface area contributed by atoms with Gasteiger partial charge in [-0.05, 0) is 39.7 Å². The number of nitrogens with zero attached hydrogens (tertiary/aromatic N) is 1. The van der Waals surface area contributed by atoms with E-state index in [-0.39, 0.29) is 11.3 Å². The monoisotopic (exact) mass is 362 g/mol. The first-order valence-corrected chi connectivity index (χ1v) is 8.20. The number of hydrogen-bond acceptors (Lipinski definition) is 7. The van der Waals surface area contributed by atoms with Crippen molar-refractivity contribution in [2.75, 3.05) is 7.11 Å². The van der Waals surface area contributed by atoms with Crippen LogP contribution in [0.2, 0.25) is 0 Å². The number of nitrogens with one attached hydrogen (secondary N) is 1. The van der Waals surface area contributed by atoms with E-state index in [4.69, 9.17) is 14.0 Å². The second-order valence-corrected chi connectivity index (χ2v) is 5.94.